The van der Waals surface area contributed by atoms with Crippen LogP contribution in [0.1, 0.15) is 34.6 Å². The Morgan fingerprint density at radius 3 is 2.34 bits per heavy atom. The highest BCUT2D eigenvalue weighted by Crippen LogP contribution is 2.53. The molecule has 1 heterocycles. The van der Waals surface area contributed by atoms with Crippen LogP contribution in [0.15, 0.2) is 77.7 Å². The van der Waals surface area contributed by atoms with Gasteiger partial charge in [0, 0.05) is 5.92 Å². The van der Waals surface area contributed by atoms with Gasteiger partial charge in [0.25, 0.3) is 10.0 Å². The number of halogens is 1. The third-order valence-electron chi connectivity index (χ3n) is 6.23. The van der Waals surface area contributed by atoms with Crippen molar-refractivity contribution in [3.8, 4) is 0 Å². The van der Waals surface area contributed by atoms with Gasteiger partial charge in [0.2, 0.25) is 0 Å². The van der Waals surface area contributed by atoms with Crippen LogP contribution in [0.4, 0.5) is 10.1 Å². The molecule has 1 aliphatic carbocycles. The van der Waals surface area contributed by atoms with Crippen LogP contribution in [0.2, 0.25) is 0 Å². The molecule has 29 heavy (non-hydrogen) atoms. The summed E-state index contributed by atoms with van der Waals surface area (Å²) in [6.45, 7) is 1.74. The third kappa shape index (κ3) is 2.79. The Morgan fingerprint density at radius 2 is 1.59 bits per heavy atom. The molecule has 3 aromatic carbocycles. The van der Waals surface area contributed by atoms with E-state index in [0.29, 0.717) is 18.5 Å². The Balaban J connectivity index is 1.70. The topological polar surface area (TPSA) is 37.4 Å². The Kier molecular flexibility index (Phi) is 4.07. The summed E-state index contributed by atoms with van der Waals surface area (Å²) in [6, 6.07) is 22.0. The van der Waals surface area contributed by atoms with Crippen LogP contribution in [0, 0.1) is 6.92 Å². The average Bonchev–Trinajstić information content (AvgIpc) is 2.73. The van der Waals surface area contributed by atoms with E-state index in [4.69, 9.17) is 0 Å². The van der Waals surface area contributed by atoms with Crippen molar-refractivity contribution in [3.05, 3.63) is 95.1 Å². The predicted molar refractivity (Wildman–Crippen MR) is 113 cm³/mol. The highest BCUT2D eigenvalue weighted by Gasteiger charge is 2.52. The molecule has 0 unspecified atom stereocenters. The molecule has 0 saturated carbocycles. The first kappa shape index (κ1) is 18.4. The standard InChI is InChI=1S/C24H22FNO2S/c1-17-10-12-19(13-11-17)29(27,28)26-16-24(25)15-14-18-6-2-3-7-20(18)23(24)21-8-4-5-9-22(21)26/h2-13,23H,14-16H2,1H3/t23-,24-/m1/s1. The summed E-state index contributed by atoms with van der Waals surface area (Å²) in [5.74, 6) is -0.451. The van der Waals surface area contributed by atoms with E-state index in [1.54, 1.807) is 30.3 Å². The molecule has 0 spiro atoms. The monoisotopic (exact) mass is 407 g/mol. The van der Waals surface area contributed by atoms with Gasteiger partial charge >= 0.3 is 0 Å². The van der Waals surface area contributed by atoms with Gasteiger partial charge in [-0.25, -0.2) is 12.8 Å². The lowest BCUT2D eigenvalue weighted by atomic mass is 9.68. The minimum atomic E-state index is -3.86. The van der Waals surface area contributed by atoms with Gasteiger partial charge in [0.05, 0.1) is 17.1 Å². The third-order valence-corrected chi connectivity index (χ3v) is 8.00. The maximum absolute atomic E-state index is 16.4. The number of hydrogen-bond donors (Lipinski definition) is 0. The van der Waals surface area contributed by atoms with Gasteiger partial charge < -0.3 is 0 Å². The molecule has 148 valence electrons. The average molecular weight is 408 g/mol. The van der Waals surface area contributed by atoms with Crippen LogP contribution < -0.4 is 4.31 Å². The Hall–Kier alpha value is -2.66. The fourth-order valence-electron chi connectivity index (χ4n) is 4.76. The number of para-hydroxylation sites is 1. The first-order chi connectivity index (χ1) is 13.9. The van der Waals surface area contributed by atoms with E-state index in [0.717, 1.165) is 22.3 Å². The zero-order valence-corrected chi connectivity index (χ0v) is 17.0. The van der Waals surface area contributed by atoms with E-state index < -0.39 is 21.6 Å². The molecule has 2 atom stereocenters. The van der Waals surface area contributed by atoms with Crippen LogP contribution in [0.3, 0.4) is 0 Å². The molecule has 1 aliphatic heterocycles. The van der Waals surface area contributed by atoms with E-state index >= 15 is 4.39 Å². The number of fused-ring (bicyclic) bond motifs is 5. The van der Waals surface area contributed by atoms with E-state index in [2.05, 4.69) is 0 Å². The van der Waals surface area contributed by atoms with Crippen molar-refractivity contribution in [2.75, 3.05) is 10.8 Å². The van der Waals surface area contributed by atoms with E-state index in [1.165, 1.54) is 4.31 Å². The minimum absolute atomic E-state index is 0.167. The van der Waals surface area contributed by atoms with Crippen molar-refractivity contribution in [1.29, 1.82) is 0 Å². The summed E-state index contributed by atoms with van der Waals surface area (Å²) < 4.78 is 44.7. The Labute approximate surface area is 170 Å². The molecule has 0 aromatic heterocycles. The molecule has 5 heteroatoms. The largest absolute Gasteiger partial charge is 0.264 e. The second-order valence-corrected chi connectivity index (χ2v) is 9.91. The summed E-state index contributed by atoms with van der Waals surface area (Å²) in [7, 11) is -3.86. The second-order valence-electron chi connectivity index (χ2n) is 8.05. The van der Waals surface area contributed by atoms with Gasteiger partial charge in [0.1, 0.15) is 5.67 Å². The first-order valence-electron chi connectivity index (χ1n) is 9.85. The van der Waals surface area contributed by atoms with Crippen LogP contribution in [-0.4, -0.2) is 20.6 Å². The normalized spacial score (nSPS) is 23.1. The van der Waals surface area contributed by atoms with Gasteiger partial charge in [-0.05, 0) is 54.7 Å². The van der Waals surface area contributed by atoms with Gasteiger partial charge in [-0.3, -0.25) is 4.31 Å². The second kappa shape index (κ2) is 6.42. The van der Waals surface area contributed by atoms with Crippen molar-refractivity contribution in [2.45, 2.75) is 36.2 Å². The quantitative estimate of drug-likeness (QED) is 0.600. The van der Waals surface area contributed by atoms with Gasteiger partial charge in [-0.1, -0.05) is 60.2 Å². The maximum Gasteiger partial charge on any atom is 0.264 e. The highest BCUT2D eigenvalue weighted by molar-refractivity contribution is 7.92. The molecule has 0 fully saturated rings. The summed E-state index contributed by atoms with van der Waals surface area (Å²) in [6.07, 6.45) is 0.923. The Morgan fingerprint density at radius 1 is 0.931 bits per heavy atom. The predicted octanol–water partition coefficient (Wildman–Crippen LogP) is 4.99. The summed E-state index contributed by atoms with van der Waals surface area (Å²) in [5, 5.41) is 0. The van der Waals surface area contributed by atoms with Crippen molar-refractivity contribution in [3.63, 3.8) is 0 Å². The van der Waals surface area contributed by atoms with Gasteiger partial charge in [0.15, 0.2) is 0 Å². The zero-order valence-electron chi connectivity index (χ0n) is 16.2. The number of rotatable bonds is 2. The molecule has 0 radical (unpaired) electrons. The molecule has 0 amide bonds. The molecule has 3 aromatic rings. The van der Waals surface area contributed by atoms with Crippen LogP contribution >= 0.6 is 0 Å². The summed E-state index contributed by atoms with van der Waals surface area (Å²) >= 11 is 0. The fourth-order valence-corrected chi connectivity index (χ4v) is 6.30. The van der Waals surface area contributed by atoms with Crippen LogP contribution in [0.25, 0.3) is 0 Å². The molecule has 5 rings (SSSR count). The number of nitrogens with zero attached hydrogens (tertiary/aromatic N) is 1. The molecule has 2 aliphatic rings. The molecular weight excluding hydrogens is 385 g/mol. The number of sulfonamides is 1. The molecule has 3 nitrogen and oxygen atoms in total. The lowest BCUT2D eigenvalue weighted by molar-refractivity contribution is 0.123. The van der Waals surface area contributed by atoms with Crippen molar-refractivity contribution >= 4 is 15.7 Å². The number of aryl methyl sites for hydroxylation is 2. The minimum Gasteiger partial charge on any atom is -0.263 e. The number of benzene rings is 3. The lowest BCUT2D eigenvalue weighted by Gasteiger charge is -2.47. The lowest BCUT2D eigenvalue weighted by Crippen LogP contribution is -2.52. The van der Waals surface area contributed by atoms with E-state index in [1.807, 2.05) is 49.4 Å². The van der Waals surface area contributed by atoms with Crippen molar-refractivity contribution in [1.82, 2.24) is 0 Å². The maximum atomic E-state index is 16.4. The molecule has 0 saturated heterocycles. The summed E-state index contributed by atoms with van der Waals surface area (Å²) in [4.78, 5) is 0.191. The number of hydrogen-bond acceptors (Lipinski definition) is 2. The SMILES string of the molecule is Cc1ccc(S(=O)(=O)N2C[C@]3(F)CCc4ccccc4[C@@H]3c3ccccc32)cc1. The smallest absolute Gasteiger partial charge is 0.263 e. The van der Waals surface area contributed by atoms with E-state index in [9.17, 15) is 8.42 Å². The zero-order chi connectivity index (χ0) is 20.2. The number of anilines is 1. The van der Waals surface area contributed by atoms with E-state index in [-0.39, 0.29) is 11.4 Å². The first-order valence-corrected chi connectivity index (χ1v) is 11.3. The van der Waals surface area contributed by atoms with Crippen LogP contribution in [-0.2, 0) is 16.4 Å². The van der Waals surface area contributed by atoms with Gasteiger partial charge in [-0.2, -0.15) is 0 Å². The van der Waals surface area contributed by atoms with Gasteiger partial charge in [-0.15, -0.1) is 0 Å². The Bertz CT molecular complexity index is 1190. The molecular formula is C24H22FNO2S. The number of alkyl halides is 1. The van der Waals surface area contributed by atoms with Crippen molar-refractivity contribution in [2.24, 2.45) is 0 Å². The van der Waals surface area contributed by atoms with Crippen LogP contribution in [0.5, 0.6) is 0 Å². The molecule has 0 N–H and O–H groups in total. The molecule has 0 bridgehead atoms. The van der Waals surface area contributed by atoms with Crippen molar-refractivity contribution < 1.29 is 12.8 Å². The fraction of sp³-hybridized carbons (Fsp3) is 0.250. The highest BCUT2D eigenvalue weighted by atomic mass is 32.2. The summed E-state index contributed by atoms with van der Waals surface area (Å²) in [5.41, 5.74) is 2.78.